The number of aliphatic imine (C=N–C) groups is 1. The topological polar surface area (TPSA) is 41.5 Å². The van der Waals surface area contributed by atoms with Crippen LogP contribution in [0.15, 0.2) is 53.5 Å². The van der Waals surface area contributed by atoms with Crippen molar-refractivity contribution in [3.8, 4) is 0 Å². The third kappa shape index (κ3) is 4.77. The van der Waals surface area contributed by atoms with Crippen molar-refractivity contribution < 1.29 is 4.79 Å². The maximum Gasteiger partial charge on any atom is 0.230 e. The first kappa shape index (κ1) is 16.4. The Bertz CT molecular complexity index is 732. The molecule has 0 bridgehead atoms. The van der Waals surface area contributed by atoms with E-state index in [4.69, 9.17) is 11.6 Å². The number of carbonyl (C=O) groups is 1. The Morgan fingerprint density at radius 2 is 2.00 bits per heavy atom. The molecular formula is C17H15ClN2OS2. The smallest absolute Gasteiger partial charge is 0.230 e. The standard InChI is InChI=1S/C17H15ClN2OS2/c18-14-7-5-12(6-8-14)9-19-16(21)11-23-17-20-15-4-2-1-3-13(15)10-22-17/h1-8H,9-11H2,(H,19,21). The molecule has 2 aromatic carbocycles. The molecule has 0 saturated carbocycles. The van der Waals surface area contributed by atoms with Gasteiger partial charge < -0.3 is 5.32 Å². The van der Waals surface area contributed by atoms with E-state index in [1.165, 1.54) is 17.3 Å². The molecule has 1 amide bonds. The van der Waals surface area contributed by atoms with Crippen LogP contribution in [0, 0.1) is 0 Å². The lowest BCUT2D eigenvalue weighted by Gasteiger charge is -2.14. The predicted octanol–water partition coefficient (Wildman–Crippen LogP) is 4.62. The maximum absolute atomic E-state index is 11.9. The van der Waals surface area contributed by atoms with Crippen molar-refractivity contribution in [2.75, 3.05) is 5.75 Å². The fraction of sp³-hybridized carbons (Fsp3) is 0.176. The molecule has 6 heteroatoms. The number of rotatable bonds is 4. The first-order chi connectivity index (χ1) is 11.2. The van der Waals surface area contributed by atoms with Gasteiger partial charge in [0.2, 0.25) is 5.91 Å². The zero-order valence-corrected chi connectivity index (χ0v) is 14.7. The fourth-order valence-electron chi connectivity index (χ4n) is 2.07. The van der Waals surface area contributed by atoms with Crippen molar-refractivity contribution in [1.82, 2.24) is 5.32 Å². The van der Waals surface area contributed by atoms with Crippen molar-refractivity contribution >= 4 is 51.1 Å². The van der Waals surface area contributed by atoms with Crippen LogP contribution in [-0.2, 0) is 17.1 Å². The second kappa shape index (κ2) is 7.90. The Morgan fingerprint density at radius 1 is 1.22 bits per heavy atom. The summed E-state index contributed by atoms with van der Waals surface area (Å²) >= 11 is 9.01. The third-order valence-corrected chi connectivity index (χ3v) is 5.78. The minimum absolute atomic E-state index is 0.00658. The van der Waals surface area contributed by atoms with Crippen molar-refractivity contribution in [2.45, 2.75) is 12.3 Å². The second-order valence-corrected chi connectivity index (χ2v) is 7.61. The number of benzene rings is 2. The first-order valence-corrected chi connectivity index (χ1v) is 9.49. The van der Waals surface area contributed by atoms with Gasteiger partial charge >= 0.3 is 0 Å². The lowest BCUT2D eigenvalue weighted by molar-refractivity contribution is -0.118. The van der Waals surface area contributed by atoms with Crippen LogP contribution in [0.3, 0.4) is 0 Å². The number of para-hydroxylation sites is 1. The number of carbonyl (C=O) groups excluding carboxylic acids is 1. The molecule has 0 spiro atoms. The molecule has 0 aliphatic carbocycles. The van der Waals surface area contributed by atoms with E-state index in [0.717, 1.165) is 21.4 Å². The SMILES string of the molecule is O=C(CSC1=Nc2ccccc2CS1)NCc1ccc(Cl)cc1. The summed E-state index contributed by atoms with van der Waals surface area (Å²) in [5.41, 5.74) is 3.29. The number of hydrogen-bond acceptors (Lipinski definition) is 4. The van der Waals surface area contributed by atoms with E-state index in [2.05, 4.69) is 16.4 Å². The van der Waals surface area contributed by atoms with Crippen molar-refractivity contribution in [2.24, 2.45) is 4.99 Å². The summed E-state index contributed by atoms with van der Waals surface area (Å²) in [5.74, 6) is 1.29. The number of halogens is 1. The van der Waals surface area contributed by atoms with Gasteiger partial charge in [0.25, 0.3) is 0 Å². The molecule has 1 N–H and O–H groups in total. The molecule has 3 rings (SSSR count). The van der Waals surface area contributed by atoms with Crippen LogP contribution in [0.1, 0.15) is 11.1 Å². The summed E-state index contributed by atoms with van der Waals surface area (Å²) in [5, 5.41) is 3.61. The number of amides is 1. The summed E-state index contributed by atoms with van der Waals surface area (Å²) in [6.45, 7) is 0.513. The molecule has 0 aromatic heterocycles. The number of nitrogens with zero attached hydrogens (tertiary/aromatic N) is 1. The van der Waals surface area contributed by atoms with Gasteiger partial charge in [0.1, 0.15) is 4.38 Å². The minimum atomic E-state index is 0.00658. The van der Waals surface area contributed by atoms with E-state index in [9.17, 15) is 4.79 Å². The number of nitrogens with one attached hydrogen (secondary N) is 1. The van der Waals surface area contributed by atoms with Gasteiger partial charge in [0.05, 0.1) is 11.4 Å². The van der Waals surface area contributed by atoms with E-state index >= 15 is 0 Å². The van der Waals surface area contributed by atoms with Crippen molar-refractivity contribution in [1.29, 1.82) is 0 Å². The van der Waals surface area contributed by atoms with Gasteiger partial charge in [-0.3, -0.25) is 4.79 Å². The molecule has 0 atom stereocenters. The average molecular weight is 363 g/mol. The lowest BCUT2D eigenvalue weighted by atomic mass is 10.2. The highest BCUT2D eigenvalue weighted by Gasteiger charge is 2.13. The van der Waals surface area contributed by atoms with Crippen LogP contribution < -0.4 is 5.32 Å². The fourth-order valence-corrected chi connectivity index (χ4v) is 4.09. The predicted molar refractivity (Wildman–Crippen MR) is 101 cm³/mol. The normalized spacial score (nSPS) is 13.2. The number of fused-ring (bicyclic) bond motifs is 1. The molecule has 2 aromatic rings. The molecule has 1 aliphatic heterocycles. The third-order valence-electron chi connectivity index (χ3n) is 3.28. The second-order valence-electron chi connectivity index (χ2n) is 4.99. The summed E-state index contributed by atoms with van der Waals surface area (Å²) in [6, 6.07) is 15.6. The monoisotopic (exact) mass is 362 g/mol. The largest absolute Gasteiger partial charge is 0.351 e. The zero-order chi connectivity index (χ0) is 16.1. The molecule has 3 nitrogen and oxygen atoms in total. The Kier molecular flexibility index (Phi) is 5.65. The van der Waals surface area contributed by atoms with E-state index in [1.54, 1.807) is 11.8 Å². The summed E-state index contributed by atoms with van der Waals surface area (Å²) in [7, 11) is 0. The highest BCUT2D eigenvalue weighted by molar-refractivity contribution is 8.38. The zero-order valence-electron chi connectivity index (χ0n) is 12.3. The average Bonchev–Trinajstić information content (AvgIpc) is 2.59. The van der Waals surface area contributed by atoms with Crippen LogP contribution in [0.25, 0.3) is 0 Å². The van der Waals surface area contributed by atoms with E-state index < -0.39 is 0 Å². The summed E-state index contributed by atoms with van der Waals surface area (Å²) < 4.78 is 0.949. The molecule has 0 unspecified atom stereocenters. The van der Waals surface area contributed by atoms with Crippen LogP contribution in [-0.4, -0.2) is 16.0 Å². The molecule has 1 aliphatic rings. The Labute approximate surface area is 148 Å². The maximum atomic E-state index is 11.9. The quantitative estimate of drug-likeness (QED) is 0.862. The van der Waals surface area contributed by atoms with Crippen LogP contribution in [0.4, 0.5) is 5.69 Å². The van der Waals surface area contributed by atoms with Crippen LogP contribution in [0.5, 0.6) is 0 Å². The van der Waals surface area contributed by atoms with Gasteiger partial charge in [0.15, 0.2) is 0 Å². The van der Waals surface area contributed by atoms with Gasteiger partial charge in [-0.1, -0.05) is 65.5 Å². The molecule has 118 valence electrons. The Balaban J connectivity index is 1.48. The minimum Gasteiger partial charge on any atom is -0.351 e. The van der Waals surface area contributed by atoms with Crippen LogP contribution in [0.2, 0.25) is 5.02 Å². The molecular weight excluding hydrogens is 348 g/mol. The summed E-state index contributed by atoms with van der Waals surface area (Å²) in [6.07, 6.45) is 0. The van der Waals surface area contributed by atoms with Gasteiger partial charge in [-0.2, -0.15) is 0 Å². The van der Waals surface area contributed by atoms with Gasteiger partial charge in [-0.15, -0.1) is 0 Å². The molecule has 0 fully saturated rings. The molecule has 0 saturated heterocycles. The van der Waals surface area contributed by atoms with Crippen molar-refractivity contribution in [3.63, 3.8) is 0 Å². The molecule has 0 radical (unpaired) electrons. The van der Waals surface area contributed by atoms with Gasteiger partial charge in [0, 0.05) is 17.3 Å². The number of hydrogen-bond donors (Lipinski definition) is 1. The summed E-state index contributed by atoms with van der Waals surface area (Å²) in [4.78, 5) is 16.5. The number of thioether (sulfide) groups is 2. The Morgan fingerprint density at radius 3 is 2.83 bits per heavy atom. The lowest BCUT2D eigenvalue weighted by Crippen LogP contribution is -2.25. The first-order valence-electron chi connectivity index (χ1n) is 7.14. The highest BCUT2D eigenvalue weighted by Crippen LogP contribution is 2.34. The van der Waals surface area contributed by atoms with E-state index in [1.807, 2.05) is 42.5 Å². The molecule has 23 heavy (non-hydrogen) atoms. The Hall–Kier alpha value is -1.43. The van der Waals surface area contributed by atoms with E-state index in [-0.39, 0.29) is 5.91 Å². The van der Waals surface area contributed by atoms with Gasteiger partial charge in [-0.25, -0.2) is 4.99 Å². The van der Waals surface area contributed by atoms with Gasteiger partial charge in [-0.05, 0) is 29.3 Å². The van der Waals surface area contributed by atoms with E-state index in [0.29, 0.717) is 17.3 Å². The van der Waals surface area contributed by atoms with Crippen LogP contribution >= 0.6 is 35.1 Å². The highest BCUT2D eigenvalue weighted by atomic mass is 35.5. The van der Waals surface area contributed by atoms with Crippen molar-refractivity contribution in [3.05, 3.63) is 64.7 Å². The molecule has 1 heterocycles.